The Hall–Kier alpha value is -3.73. The van der Waals surface area contributed by atoms with E-state index in [1.54, 1.807) is 42.6 Å². The van der Waals surface area contributed by atoms with Gasteiger partial charge in [-0.2, -0.15) is 0 Å². The van der Waals surface area contributed by atoms with Crippen LogP contribution < -0.4 is 10.1 Å². The third-order valence-corrected chi connectivity index (χ3v) is 6.28. The lowest BCUT2D eigenvalue weighted by molar-refractivity contribution is 0.102. The van der Waals surface area contributed by atoms with Crippen molar-refractivity contribution in [1.82, 2.24) is 9.88 Å². The Labute approximate surface area is 202 Å². The van der Waals surface area contributed by atoms with Gasteiger partial charge in [-0.15, -0.1) is 11.3 Å². The van der Waals surface area contributed by atoms with Gasteiger partial charge in [0.05, 0.1) is 21.6 Å². The zero-order valence-electron chi connectivity index (χ0n) is 19.0. The summed E-state index contributed by atoms with van der Waals surface area (Å²) in [4.78, 5) is 19.8. The molecule has 0 fully saturated rings. The van der Waals surface area contributed by atoms with Crippen molar-refractivity contribution in [3.05, 3.63) is 83.1 Å². The molecule has 2 aromatic heterocycles. The summed E-state index contributed by atoms with van der Waals surface area (Å²) in [6.07, 6.45) is 1.63. The first kappa shape index (κ1) is 23.4. The van der Waals surface area contributed by atoms with E-state index in [0.29, 0.717) is 23.5 Å². The van der Waals surface area contributed by atoms with E-state index in [4.69, 9.17) is 4.74 Å². The molecule has 0 unspecified atom stereocenters. The number of fused-ring (bicyclic) bond motifs is 1. The van der Waals surface area contributed by atoms with Crippen LogP contribution in [0, 0.1) is 17.7 Å². The van der Waals surface area contributed by atoms with Crippen molar-refractivity contribution in [2.45, 2.75) is 13.8 Å². The molecule has 1 amide bonds. The number of aromatic nitrogens is 1. The van der Waals surface area contributed by atoms with Gasteiger partial charge in [-0.25, -0.2) is 4.39 Å². The number of rotatable bonds is 7. The number of amides is 1. The molecular weight excluding hydrogens is 449 g/mol. The number of hydrogen-bond acceptors (Lipinski definition) is 5. The minimum absolute atomic E-state index is 0.0628. The molecule has 172 valence electrons. The number of halogens is 1. The molecule has 2 aromatic carbocycles. The number of hydrogen-bond donors (Lipinski definition) is 1. The Balaban J connectivity index is 1.50. The van der Waals surface area contributed by atoms with Crippen LogP contribution in [-0.4, -0.2) is 35.4 Å². The highest BCUT2D eigenvalue weighted by Gasteiger charge is 2.13. The number of thiophene rings is 1. The number of carbonyl (C=O) groups excluding carboxylic acids is 1. The lowest BCUT2D eigenvalue weighted by Crippen LogP contribution is -2.22. The summed E-state index contributed by atoms with van der Waals surface area (Å²) in [5.41, 5.74) is 1.60. The van der Waals surface area contributed by atoms with Crippen LogP contribution in [0.1, 0.15) is 29.1 Å². The molecule has 0 aliphatic heterocycles. The first-order valence-corrected chi connectivity index (χ1v) is 11.8. The summed E-state index contributed by atoms with van der Waals surface area (Å²) < 4.78 is 21.5. The van der Waals surface area contributed by atoms with Gasteiger partial charge in [-0.3, -0.25) is 14.7 Å². The number of ether oxygens (including phenoxy) is 1. The highest BCUT2D eigenvalue weighted by atomic mass is 32.1. The summed E-state index contributed by atoms with van der Waals surface area (Å²) >= 11 is 1.47. The molecule has 0 aliphatic carbocycles. The average molecular weight is 474 g/mol. The Morgan fingerprint density at radius 3 is 2.62 bits per heavy atom. The van der Waals surface area contributed by atoms with Gasteiger partial charge < -0.3 is 10.1 Å². The number of anilines is 1. The van der Waals surface area contributed by atoms with E-state index in [-0.39, 0.29) is 11.7 Å². The smallest absolute Gasteiger partial charge is 0.255 e. The molecular formula is C27H24FN3O2S. The molecule has 0 saturated heterocycles. The van der Waals surface area contributed by atoms with Crippen LogP contribution in [-0.2, 0) is 0 Å². The Kier molecular flexibility index (Phi) is 7.53. The van der Waals surface area contributed by atoms with Crippen LogP contribution in [0.15, 0.2) is 66.9 Å². The van der Waals surface area contributed by atoms with Crippen molar-refractivity contribution in [3.8, 4) is 23.3 Å². The molecule has 0 radical (unpaired) electrons. The largest absolute Gasteiger partial charge is 0.453 e. The number of nitrogens with zero attached hydrogens (tertiary/aromatic N) is 2. The van der Waals surface area contributed by atoms with E-state index in [1.165, 1.54) is 23.5 Å². The van der Waals surface area contributed by atoms with Crippen molar-refractivity contribution in [3.63, 3.8) is 0 Å². The first-order chi connectivity index (χ1) is 16.6. The van der Waals surface area contributed by atoms with Crippen molar-refractivity contribution in [2.75, 3.05) is 25.0 Å². The van der Waals surface area contributed by atoms with Crippen molar-refractivity contribution in [1.29, 1.82) is 0 Å². The maximum absolute atomic E-state index is 14.8. The average Bonchev–Trinajstić information content (AvgIpc) is 3.28. The second-order valence-corrected chi connectivity index (χ2v) is 8.52. The topological polar surface area (TPSA) is 54.5 Å². The quantitative estimate of drug-likeness (QED) is 0.326. The van der Waals surface area contributed by atoms with E-state index < -0.39 is 5.82 Å². The summed E-state index contributed by atoms with van der Waals surface area (Å²) in [6.45, 7) is 6.84. The standard InChI is InChI=1S/C27H24FN3O2S/c1-3-31(4-2)16-8-11-21-18-23-26(34-21)25(14-15-29-23)33-24-13-12-20(17-22(24)28)30-27(32)19-9-6-5-7-10-19/h5-7,9-10,12-15,17-18H,3-4,16H2,1-2H3,(H,30,32). The van der Waals surface area contributed by atoms with E-state index in [0.717, 1.165) is 28.2 Å². The fourth-order valence-corrected chi connectivity index (χ4v) is 4.26. The summed E-state index contributed by atoms with van der Waals surface area (Å²) in [7, 11) is 0. The Bertz CT molecular complexity index is 1350. The molecule has 0 bridgehead atoms. The number of carbonyl (C=O) groups is 1. The Morgan fingerprint density at radius 2 is 1.88 bits per heavy atom. The maximum atomic E-state index is 14.8. The third kappa shape index (κ3) is 5.60. The van der Waals surface area contributed by atoms with Gasteiger partial charge >= 0.3 is 0 Å². The molecule has 0 aliphatic rings. The summed E-state index contributed by atoms with van der Waals surface area (Å²) in [5, 5.41) is 2.70. The molecule has 7 heteroatoms. The minimum Gasteiger partial charge on any atom is -0.453 e. The predicted octanol–water partition coefficient (Wildman–Crippen LogP) is 6.17. The molecule has 0 spiro atoms. The molecule has 4 rings (SSSR count). The van der Waals surface area contributed by atoms with Gasteiger partial charge in [0.2, 0.25) is 0 Å². The molecule has 4 aromatic rings. The SMILES string of the molecule is CCN(CC)CC#Cc1cc2nccc(Oc3ccc(NC(=O)c4ccccc4)cc3F)c2s1. The molecule has 0 atom stereocenters. The van der Waals surface area contributed by atoms with Crippen LogP contribution in [0.2, 0.25) is 0 Å². The number of pyridine rings is 1. The first-order valence-electron chi connectivity index (χ1n) is 11.0. The number of benzene rings is 2. The summed E-state index contributed by atoms with van der Waals surface area (Å²) in [5.74, 6) is 6.08. The van der Waals surface area contributed by atoms with Crippen LogP contribution in [0.4, 0.5) is 10.1 Å². The molecule has 34 heavy (non-hydrogen) atoms. The van der Waals surface area contributed by atoms with Crippen LogP contribution >= 0.6 is 11.3 Å². The zero-order valence-corrected chi connectivity index (χ0v) is 19.8. The second kappa shape index (κ2) is 10.9. The fourth-order valence-electron chi connectivity index (χ4n) is 3.32. The number of nitrogens with one attached hydrogen (secondary N) is 1. The van der Waals surface area contributed by atoms with Crippen molar-refractivity contribution in [2.24, 2.45) is 0 Å². The van der Waals surface area contributed by atoms with Crippen LogP contribution in [0.5, 0.6) is 11.5 Å². The lowest BCUT2D eigenvalue weighted by Gasteiger charge is -2.12. The third-order valence-electron chi connectivity index (χ3n) is 5.23. The van der Waals surface area contributed by atoms with Gasteiger partial charge in [0, 0.05) is 29.6 Å². The highest BCUT2D eigenvalue weighted by molar-refractivity contribution is 7.19. The zero-order chi connectivity index (χ0) is 23.9. The normalized spacial score (nSPS) is 10.7. The molecule has 2 heterocycles. The summed E-state index contributed by atoms with van der Waals surface area (Å²) in [6, 6.07) is 16.7. The van der Waals surface area contributed by atoms with Crippen molar-refractivity contribution >= 4 is 33.1 Å². The monoisotopic (exact) mass is 473 g/mol. The van der Waals surface area contributed by atoms with E-state index in [9.17, 15) is 9.18 Å². The van der Waals surface area contributed by atoms with Gasteiger partial charge in [0.15, 0.2) is 11.6 Å². The van der Waals surface area contributed by atoms with Gasteiger partial charge in [0.25, 0.3) is 5.91 Å². The maximum Gasteiger partial charge on any atom is 0.255 e. The second-order valence-electron chi connectivity index (χ2n) is 7.46. The Morgan fingerprint density at radius 1 is 1.09 bits per heavy atom. The molecule has 5 nitrogen and oxygen atoms in total. The van der Waals surface area contributed by atoms with E-state index >= 15 is 0 Å². The predicted molar refractivity (Wildman–Crippen MR) is 135 cm³/mol. The highest BCUT2D eigenvalue weighted by Crippen LogP contribution is 2.36. The van der Waals surface area contributed by atoms with Gasteiger partial charge in [-0.1, -0.05) is 43.9 Å². The lowest BCUT2D eigenvalue weighted by atomic mass is 10.2. The van der Waals surface area contributed by atoms with Gasteiger partial charge in [-0.05, 0) is 43.4 Å². The molecule has 1 N–H and O–H groups in total. The van der Waals surface area contributed by atoms with Crippen molar-refractivity contribution < 1.29 is 13.9 Å². The minimum atomic E-state index is -0.577. The van der Waals surface area contributed by atoms with Gasteiger partial charge in [0.1, 0.15) is 5.75 Å². The van der Waals surface area contributed by atoms with Crippen LogP contribution in [0.25, 0.3) is 10.2 Å². The molecule has 0 saturated carbocycles. The fraction of sp³-hybridized carbons (Fsp3) is 0.185. The van der Waals surface area contributed by atoms with E-state index in [2.05, 4.69) is 40.9 Å². The van der Waals surface area contributed by atoms with Crippen LogP contribution in [0.3, 0.4) is 0 Å². The van der Waals surface area contributed by atoms with E-state index in [1.807, 2.05) is 12.1 Å².